The number of nitrogens with one attached hydrogen (secondary N) is 1. The Balaban J connectivity index is 1.56. The first kappa shape index (κ1) is 14.8. The third kappa shape index (κ3) is 2.03. The summed E-state index contributed by atoms with van der Waals surface area (Å²) in [5, 5.41) is 7.60. The van der Waals surface area contributed by atoms with Gasteiger partial charge in [0.15, 0.2) is 5.13 Å². The molecule has 2 aliphatic heterocycles. The quantitative estimate of drug-likeness (QED) is 0.507. The van der Waals surface area contributed by atoms with E-state index in [-0.39, 0.29) is 30.1 Å². The van der Waals surface area contributed by atoms with E-state index in [0.717, 1.165) is 34.4 Å². The smallest absolute Gasteiger partial charge is 0.324 e. The highest BCUT2D eigenvalue weighted by molar-refractivity contribution is 7.22. The predicted molar refractivity (Wildman–Crippen MR) is 94.1 cm³/mol. The molecule has 128 valence electrons. The van der Waals surface area contributed by atoms with Crippen LogP contribution >= 0.6 is 11.3 Å². The first-order valence-electron chi connectivity index (χ1n) is 8.36. The number of hydrogen-bond acceptors (Lipinski definition) is 5. The number of nitrogens with zero attached hydrogens (tertiary/aromatic N) is 5. The summed E-state index contributed by atoms with van der Waals surface area (Å²) in [6, 6.07) is 3.44. The van der Waals surface area contributed by atoms with Gasteiger partial charge in [-0.1, -0.05) is 23.4 Å². The van der Waals surface area contributed by atoms with Crippen LogP contribution in [0.15, 0.2) is 17.2 Å². The first-order valence-corrected chi connectivity index (χ1v) is 9.18. The van der Waals surface area contributed by atoms with Crippen LogP contribution in [0, 0.1) is 5.92 Å². The van der Waals surface area contributed by atoms with E-state index in [1.54, 1.807) is 4.90 Å². The van der Waals surface area contributed by atoms with Gasteiger partial charge in [-0.3, -0.25) is 4.90 Å². The molecule has 1 saturated carbocycles. The summed E-state index contributed by atoms with van der Waals surface area (Å²) in [6.07, 6.45) is 1.65. The maximum atomic E-state index is 12.6. The number of benzene rings is 1. The van der Waals surface area contributed by atoms with Crippen molar-refractivity contribution in [3.8, 4) is 5.75 Å². The minimum atomic E-state index is -0.212. The molecule has 0 radical (unpaired) electrons. The van der Waals surface area contributed by atoms with Gasteiger partial charge in [0.05, 0.1) is 34.9 Å². The van der Waals surface area contributed by atoms with Crippen molar-refractivity contribution in [3.63, 3.8) is 0 Å². The number of aromatic nitrogens is 1. The van der Waals surface area contributed by atoms with Crippen molar-refractivity contribution in [3.05, 3.63) is 28.1 Å². The van der Waals surface area contributed by atoms with Gasteiger partial charge in [-0.05, 0) is 30.0 Å². The lowest BCUT2D eigenvalue weighted by Gasteiger charge is -2.19. The van der Waals surface area contributed by atoms with Crippen LogP contribution in [-0.4, -0.2) is 35.7 Å². The summed E-state index contributed by atoms with van der Waals surface area (Å²) >= 11 is 1.52. The van der Waals surface area contributed by atoms with Gasteiger partial charge in [0.25, 0.3) is 0 Å². The molecule has 1 aliphatic carbocycles. The zero-order chi connectivity index (χ0) is 17.1. The minimum Gasteiger partial charge on any atom is -0.493 e. The lowest BCUT2D eigenvalue weighted by atomic mass is 10.1. The van der Waals surface area contributed by atoms with E-state index in [1.807, 2.05) is 12.1 Å². The van der Waals surface area contributed by atoms with Crippen molar-refractivity contribution in [1.29, 1.82) is 0 Å². The fraction of sp³-hybridized carbons (Fsp3) is 0.500. The van der Waals surface area contributed by atoms with Crippen LogP contribution < -0.4 is 15.0 Å². The molecule has 1 saturated heterocycles. The normalized spacial score (nSPS) is 30.0. The maximum absolute atomic E-state index is 12.6. The Morgan fingerprint density at radius 3 is 3.24 bits per heavy atom. The Morgan fingerprint density at radius 1 is 1.52 bits per heavy atom. The molecule has 3 heterocycles. The third-order valence-electron chi connectivity index (χ3n) is 5.43. The summed E-state index contributed by atoms with van der Waals surface area (Å²) in [4.78, 5) is 22.1. The molecular weight excluding hydrogens is 340 g/mol. The Morgan fingerprint density at radius 2 is 2.40 bits per heavy atom. The van der Waals surface area contributed by atoms with Gasteiger partial charge in [-0.25, -0.2) is 9.78 Å². The van der Waals surface area contributed by atoms with Crippen LogP contribution in [0.25, 0.3) is 20.7 Å². The second kappa shape index (κ2) is 5.24. The number of amides is 2. The highest BCUT2D eigenvalue weighted by Crippen LogP contribution is 2.42. The molecule has 25 heavy (non-hydrogen) atoms. The third-order valence-corrected chi connectivity index (χ3v) is 6.45. The van der Waals surface area contributed by atoms with Crippen LogP contribution in [0.2, 0.25) is 0 Å². The molecule has 1 aromatic heterocycles. The molecular formula is C16H16N6O2S. The van der Waals surface area contributed by atoms with Crippen LogP contribution in [0.5, 0.6) is 5.75 Å². The van der Waals surface area contributed by atoms with Gasteiger partial charge in [-0.2, -0.15) is 0 Å². The molecule has 3 aliphatic rings. The zero-order valence-electron chi connectivity index (χ0n) is 13.5. The number of azide groups is 1. The predicted octanol–water partition coefficient (Wildman–Crippen LogP) is 3.22. The second-order valence-electron chi connectivity index (χ2n) is 6.81. The molecule has 0 unspecified atom stereocenters. The highest BCUT2D eigenvalue weighted by Gasteiger charge is 2.51. The number of carbonyl (C=O) groups excluding carboxylic acids is 1. The molecule has 0 spiro atoms. The van der Waals surface area contributed by atoms with Gasteiger partial charge in [0, 0.05) is 16.9 Å². The number of hydrogen-bond donors (Lipinski definition) is 1. The van der Waals surface area contributed by atoms with Crippen molar-refractivity contribution in [2.24, 2.45) is 11.0 Å². The molecule has 4 atom stereocenters. The first-order chi connectivity index (χ1) is 12.2. The summed E-state index contributed by atoms with van der Waals surface area (Å²) in [7, 11) is 0. The van der Waals surface area contributed by atoms with Crippen LogP contribution in [0.4, 0.5) is 9.93 Å². The number of anilines is 1. The summed E-state index contributed by atoms with van der Waals surface area (Å²) in [5.41, 5.74) is 10.9. The van der Waals surface area contributed by atoms with Gasteiger partial charge in [0.2, 0.25) is 0 Å². The van der Waals surface area contributed by atoms with E-state index >= 15 is 0 Å². The van der Waals surface area contributed by atoms with E-state index in [9.17, 15) is 4.79 Å². The molecule has 9 heteroatoms. The number of thiazole rings is 1. The molecule has 2 amide bonds. The lowest BCUT2D eigenvalue weighted by molar-refractivity contribution is 0.248. The summed E-state index contributed by atoms with van der Waals surface area (Å²) in [6.45, 7) is 2.74. The Bertz CT molecular complexity index is 936. The Hall–Kier alpha value is -2.51. The fourth-order valence-corrected chi connectivity index (χ4v) is 5.35. The number of carbonyl (C=O) groups is 1. The van der Waals surface area contributed by atoms with Crippen molar-refractivity contribution in [1.82, 2.24) is 10.3 Å². The van der Waals surface area contributed by atoms with Crippen molar-refractivity contribution < 1.29 is 9.53 Å². The highest BCUT2D eigenvalue weighted by atomic mass is 32.1. The monoisotopic (exact) mass is 356 g/mol. The maximum Gasteiger partial charge on any atom is 0.324 e. The standard InChI is InChI=1S/C16H16N6O2S/c1-7-6-9-14(12(7)20-21-17)18-15(23)22(9)16-19-13-8-4-5-24-10(8)2-3-11(13)25-16/h2-3,7,9,12,14H,4-6H2,1H3,(H,18,23)/t7-,9+,12+,14+/m0/s1. The number of fused-ring (bicyclic) bond motifs is 4. The Kier molecular flexibility index (Phi) is 3.10. The van der Waals surface area contributed by atoms with Crippen molar-refractivity contribution in [2.75, 3.05) is 11.5 Å². The minimum absolute atomic E-state index is 0.0251. The second-order valence-corrected chi connectivity index (χ2v) is 7.81. The largest absolute Gasteiger partial charge is 0.493 e. The van der Waals surface area contributed by atoms with Gasteiger partial charge < -0.3 is 10.1 Å². The van der Waals surface area contributed by atoms with Gasteiger partial charge >= 0.3 is 6.03 Å². The van der Waals surface area contributed by atoms with E-state index in [4.69, 9.17) is 15.3 Å². The van der Waals surface area contributed by atoms with Crippen LogP contribution in [-0.2, 0) is 6.42 Å². The lowest BCUT2D eigenvalue weighted by Crippen LogP contribution is -2.37. The topological polar surface area (TPSA) is 103 Å². The van der Waals surface area contributed by atoms with Crippen molar-refractivity contribution in [2.45, 2.75) is 37.9 Å². The van der Waals surface area contributed by atoms with Crippen molar-refractivity contribution >= 4 is 32.7 Å². The van der Waals surface area contributed by atoms with E-state index in [2.05, 4.69) is 22.3 Å². The number of rotatable bonds is 2. The summed E-state index contributed by atoms with van der Waals surface area (Å²) in [5.74, 6) is 1.12. The molecule has 1 aromatic carbocycles. The zero-order valence-corrected chi connectivity index (χ0v) is 14.4. The average Bonchev–Trinajstić information content (AvgIpc) is 3.31. The molecule has 2 fully saturated rings. The Labute approximate surface area is 147 Å². The summed E-state index contributed by atoms with van der Waals surface area (Å²) < 4.78 is 6.68. The van der Waals surface area contributed by atoms with Crippen LogP contribution in [0.1, 0.15) is 18.9 Å². The van der Waals surface area contributed by atoms with E-state index in [0.29, 0.717) is 11.7 Å². The van der Waals surface area contributed by atoms with Gasteiger partial charge in [0.1, 0.15) is 5.75 Å². The molecule has 8 nitrogen and oxygen atoms in total. The van der Waals surface area contributed by atoms with E-state index < -0.39 is 0 Å². The number of ether oxygens (including phenoxy) is 1. The van der Waals surface area contributed by atoms with Crippen LogP contribution in [0.3, 0.4) is 0 Å². The fourth-order valence-electron chi connectivity index (χ4n) is 4.29. The molecule has 5 rings (SSSR count). The molecule has 1 N–H and O–H groups in total. The van der Waals surface area contributed by atoms with E-state index in [1.165, 1.54) is 11.3 Å². The molecule has 0 bridgehead atoms. The number of urea groups is 1. The molecule has 2 aromatic rings. The van der Waals surface area contributed by atoms with Gasteiger partial charge in [-0.15, -0.1) is 0 Å². The SMILES string of the molecule is C[C@H]1C[C@@H]2[C@@H](NC(=O)N2c2nc3c4c(ccc3s2)OCC4)[C@@H]1N=[N+]=[N-]. The average molecular weight is 356 g/mol.